The highest BCUT2D eigenvalue weighted by atomic mass is 17.0. The lowest BCUT2D eigenvalue weighted by Crippen LogP contribution is -2.66. The Balaban J connectivity index is 0.00000452. The molecule has 0 amide bonds. The van der Waals surface area contributed by atoms with E-state index in [1.807, 2.05) is 13.8 Å². The fourth-order valence-corrected chi connectivity index (χ4v) is 3.85. The third-order valence-electron chi connectivity index (χ3n) is 5.30. The van der Waals surface area contributed by atoms with E-state index in [4.69, 9.17) is 14.2 Å². The second-order valence-corrected chi connectivity index (χ2v) is 7.73. The van der Waals surface area contributed by atoms with Crippen LogP contribution in [0.25, 0.3) is 0 Å². The van der Waals surface area contributed by atoms with Crippen molar-refractivity contribution in [2.24, 2.45) is 0 Å². The minimum atomic E-state index is -2.47. The Morgan fingerprint density at radius 1 is 0.581 bits per heavy atom. The predicted molar refractivity (Wildman–Crippen MR) is 119 cm³/mol. The van der Waals surface area contributed by atoms with Crippen molar-refractivity contribution in [3.8, 4) is 0 Å². The lowest BCUT2D eigenvalue weighted by Gasteiger charge is -2.47. The van der Waals surface area contributed by atoms with Crippen molar-refractivity contribution in [1.82, 2.24) is 0 Å². The normalized spacial score (nSPS) is 31.5. The van der Waals surface area contributed by atoms with Gasteiger partial charge >= 0.3 is 0 Å². The molecule has 2 aliphatic heterocycles. The topological polar surface area (TPSA) is 362 Å². The molecular weight excluding hydrogens is 616 g/mol. The van der Waals surface area contributed by atoms with Gasteiger partial charge in [0, 0.05) is 0 Å². The van der Waals surface area contributed by atoms with E-state index in [0.717, 1.165) is 6.92 Å². The van der Waals surface area contributed by atoms with Crippen LogP contribution in [0, 0.1) is 60.7 Å². The molecule has 2 saturated heterocycles. The lowest BCUT2D eigenvalue weighted by molar-refractivity contribution is -0.810. The van der Waals surface area contributed by atoms with Gasteiger partial charge in [0.15, 0.2) is 30.7 Å². The van der Waals surface area contributed by atoms with Crippen LogP contribution >= 0.6 is 0 Å². The molecule has 0 aliphatic carbocycles. The summed E-state index contributed by atoms with van der Waals surface area (Å²) in [5.41, 5.74) is 0. The Hall–Kier alpha value is -4.96. The molecule has 28 heteroatoms. The fraction of sp³-hybridized carbons (Fsp3) is 1.00. The van der Waals surface area contributed by atoms with Crippen LogP contribution in [0.4, 0.5) is 0 Å². The van der Waals surface area contributed by atoms with Crippen LogP contribution in [0.5, 0.6) is 0 Å². The predicted octanol–water partition coefficient (Wildman–Crippen LogP) is -2.00. The number of hydrogen-bond acceptors (Lipinski definition) is 22. The number of rotatable bonds is 16. The highest BCUT2D eigenvalue weighted by molar-refractivity contribution is 4.96. The molecule has 43 heavy (non-hydrogen) atoms. The van der Waals surface area contributed by atoms with E-state index in [-0.39, 0.29) is 0 Å². The maximum atomic E-state index is 11.2. The summed E-state index contributed by atoms with van der Waals surface area (Å²) in [6.07, 6.45) is -21.5. The molecule has 0 aromatic heterocycles. The highest BCUT2D eigenvalue weighted by Crippen LogP contribution is 2.34. The molecule has 8 unspecified atom stereocenters. The van der Waals surface area contributed by atoms with Gasteiger partial charge in [-0.15, -0.1) is 60.7 Å². The van der Waals surface area contributed by atoms with Crippen molar-refractivity contribution >= 4 is 0 Å². The first-order valence-corrected chi connectivity index (χ1v) is 11.5. The average Bonchev–Trinajstić information content (AvgIpc) is 2.89. The summed E-state index contributed by atoms with van der Waals surface area (Å²) >= 11 is 0. The maximum absolute atomic E-state index is 11.2. The maximum Gasteiger partial charge on any atom is 0.295 e. The van der Waals surface area contributed by atoms with Crippen molar-refractivity contribution < 1.29 is 78.9 Å². The zero-order valence-corrected chi connectivity index (χ0v) is 21.9. The zero-order chi connectivity index (χ0) is 33.0. The monoisotopic (exact) mass is 640 g/mol. The molecule has 1 N–H and O–H groups in total. The van der Waals surface area contributed by atoms with Gasteiger partial charge in [0.05, 0.1) is 6.10 Å². The largest absolute Gasteiger partial charge is 0.388 e. The number of aliphatic hydroxyl groups excluding tert-OH is 1. The summed E-state index contributed by atoms with van der Waals surface area (Å²) < 4.78 is 15.9. The summed E-state index contributed by atoms with van der Waals surface area (Å²) in [5, 5.41) is 67.4. The van der Waals surface area contributed by atoms with Gasteiger partial charge in [0.2, 0.25) is 0 Å². The molecule has 0 saturated carbocycles. The van der Waals surface area contributed by atoms with E-state index in [0.29, 0.717) is 0 Å². The van der Waals surface area contributed by atoms with Crippen molar-refractivity contribution in [2.75, 3.05) is 13.2 Å². The van der Waals surface area contributed by atoms with Crippen LogP contribution in [-0.4, -0.2) is 110 Å². The van der Waals surface area contributed by atoms with E-state index in [9.17, 15) is 65.8 Å². The van der Waals surface area contributed by atoms with Crippen molar-refractivity contribution in [1.29, 1.82) is 0 Å². The summed E-state index contributed by atoms with van der Waals surface area (Å²) in [4.78, 5) is 91.3. The summed E-state index contributed by atoms with van der Waals surface area (Å²) in [7, 11) is 0. The van der Waals surface area contributed by atoms with Crippen LogP contribution in [0.2, 0.25) is 0 Å². The molecule has 246 valence electrons. The van der Waals surface area contributed by atoms with E-state index < -0.39 is 105 Å². The molecule has 2 fully saturated rings. The van der Waals surface area contributed by atoms with E-state index >= 15 is 0 Å². The van der Waals surface area contributed by atoms with Crippen molar-refractivity contribution in [2.45, 2.75) is 82.0 Å². The van der Waals surface area contributed by atoms with Crippen LogP contribution < -0.4 is 0 Å². The second-order valence-electron chi connectivity index (χ2n) is 7.73. The molecule has 0 radical (unpaired) electrons. The van der Waals surface area contributed by atoms with E-state index in [2.05, 4.69) is 29.0 Å². The minimum absolute atomic E-state index is 1.07. The molecular formula is C15H24N6O22. The molecule has 0 bridgehead atoms. The molecule has 0 spiro atoms. The SMILES string of the molecule is CC.C[C@@H]1O[C@@H](CO[N+](=O)[O-])C(OC2OC(CO[N+](=O)[O-])C(O)C(O[N+](=O)[O-])C2O[N+](=O)[O-])C(O[N+](=O)[O-])C1O[N+](=O)[O-]. The summed E-state index contributed by atoms with van der Waals surface area (Å²) in [6, 6.07) is 0. The van der Waals surface area contributed by atoms with Gasteiger partial charge in [0.25, 0.3) is 30.5 Å². The number of ether oxygens (including phenoxy) is 3. The van der Waals surface area contributed by atoms with Gasteiger partial charge in [-0.3, -0.25) is 0 Å². The first-order valence-electron chi connectivity index (χ1n) is 11.5. The third kappa shape index (κ3) is 10.8. The Morgan fingerprint density at radius 3 is 1.47 bits per heavy atom. The van der Waals surface area contributed by atoms with Crippen molar-refractivity contribution in [3.05, 3.63) is 60.7 Å². The quantitative estimate of drug-likeness (QED) is 0.141. The van der Waals surface area contributed by atoms with Gasteiger partial charge in [0.1, 0.15) is 37.6 Å². The Labute approximate surface area is 235 Å². The number of aliphatic hydroxyl groups is 1. The molecule has 2 heterocycles. The molecule has 28 nitrogen and oxygen atoms in total. The second kappa shape index (κ2) is 16.5. The average molecular weight is 640 g/mol. The van der Waals surface area contributed by atoms with Gasteiger partial charge in [-0.2, -0.15) is 0 Å². The van der Waals surface area contributed by atoms with Crippen LogP contribution in [0.3, 0.4) is 0 Å². The smallest absolute Gasteiger partial charge is 0.295 e. The molecule has 2 rings (SSSR count). The molecule has 0 aromatic carbocycles. The first-order chi connectivity index (χ1) is 20.1. The van der Waals surface area contributed by atoms with E-state index in [1.54, 1.807) is 0 Å². The van der Waals surface area contributed by atoms with Gasteiger partial charge < -0.3 is 48.3 Å². The first kappa shape index (κ1) is 36.1. The fourth-order valence-electron chi connectivity index (χ4n) is 3.85. The van der Waals surface area contributed by atoms with E-state index in [1.165, 1.54) is 0 Å². The Morgan fingerprint density at radius 2 is 1.00 bits per heavy atom. The van der Waals surface area contributed by atoms with Crippen LogP contribution in [-0.2, 0) is 43.2 Å². The lowest BCUT2D eigenvalue weighted by atomic mass is 9.94. The summed E-state index contributed by atoms with van der Waals surface area (Å²) in [6.45, 7) is 2.74. The number of nitrogens with zero attached hydrogens (tertiary/aromatic N) is 6. The Bertz CT molecular complexity index is 1000. The third-order valence-corrected chi connectivity index (χ3v) is 5.30. The Kier molecular flexibility index (Phi) is 13.8. The van der Waals surface area contributed by atoms with Gasteiger partial charge in [-0.25, -0.2) is 0 Å². The molecule has 10 atom stereocenters. The highest BCUT2D eigenvalue weighted by Gasteiger charge is 2.55. The zero-order valence-electron chi connectivity index (χ0n) is 21.9. The van der Waals surface area contributed by atoms with Crippen LogP contribution in [0.1, 0.15) is 20.8 Å². The van der Waals surface area contributed by atoms with Gasteiger partial charge in [-0.1, -0.05) is 13.8 Å². The van der Waals surface area contributed by atoms with Crippen molar-refractivity contribution in [3.63, 3.8) is 0 Å². The van der Waals surface area contributed by atoms with Gasteiger partial charge in [-0.05, 0) is 6.92 Å². The number of hydrogen-bond donors (Lipinski definition) is 1. The molecule has 2 aliphatic rings. The standard InChI is InChI=1S/C13H18N6O22.C2H6/c1-4-8(38-16(25)26)11(40-18(29)30)9(6(35-4)3-34-15(23)24)37-13-12(41-19(31)32)10(39-17(27)28)7(20)5(36-13)2-33-14(21)22;1-2/h4-13,20H,2-3H2,1H3;1-2H3/t4-,5?,6-,7?,8?,9?,10?,11?,12?,13?;/m0./s1. The van der Waals surface area contributed by atoms with Crippen LogP contribution in [0.15, 0.2) is 0 Å². The summed E-state index contributed by atoms with van der Waals surface area (Å²) in [5.74, 6) is 0. The molecule has 0 aromatic rings. The minimum Gasteiger partial charge on any atom is -0.388 e.